The van der Waals surface area contributed by atoms with Gasteiger partial charge in [0.2, 0.25) is 11.9 Å². The largest absolute Gasteiger partial charge is 0.495 e. The fraction of sp³-hybridized carbons (Fsp3) is 0.571. The summed E-state index contributed by atoms with van der Waals surface area (Å²) in [5.41, 5.74) is 1.37. The van der Waals surface area contributed by atoms with E-state index in [0.717, 1.165) is 43.9 Å². The molecule has 1 aromatic carbocycles. The van der Waals surface area contributed by atoms with Crippen molar-refractivity contribution < 1.29 is 14.3 Å². The molecule has 2 aromatic rings. The molecule has 3 aliphatic rings. The molecular weight excluding hydrogens is 482 g/mol. The zero-order valence-corrected chi connectivity index (χ0v) is 22.8. The monoisotopic (exact) mass is 521 g/mol. The molecule has 0 spiro atoms. The lowest BCUT2D eigenvalue weighted by Crippen LogP contribution is -2.46. The molecule has 1 atom stereocenters. The maximum absolute atomic E-state index is 13.3. The number of hydrogen-bond acceptors (Lipinski definition) is 8. The van der Waals surface area contributed by atoms with Crippen LogP contribution < -0.4 is 30.5 Å². The van der Waals surface area contributed by atoms with Crippen LogP contribution in [0.25, 0.3) is 0 Å². The Morgan fingerprint density at radius 2 is 1.97 bits per heavy atom. The predicted octanol–water partition coefficient (Wildman–Crippen LogP) is 3.46. The quantitative estimate of drug-likeness (QED) is 0.530. The van der Waals surface area contributed by atoms with Crippen molar-refractivity contribution in [3.8, 4) is 5.75 Å². The van der Waals surface area contributed by atoms with Gasteiger partial charge in [-0.1, -0.05) is 19.3 Å². The summed E-state index contributed by atoms with van der Waals surface area (Å²) in [6.45, 7) is 6.32. The second-order valence-corrected chi connectivity index (χ2v) is 11.3. The Hall–Kier alpha value is -3.40. The van der Waals surface area contributed by atoms with Gasteiger partial charge in [0.1, 0.15) is 11.4 Å². The van der Waals surface area contributed by atoms with Gasteiger partial charge in [-0.25, -0.2) is 4.98 Å². The van der Waals surface area contributed by atoms with E-state index < -0.39 is 5.41 Å². The van der Waals surface area contributed by atoms with E-state index in [4.69, 9.17) is 9.72 Å². The average Bonchev–Trinajstić information content (AvgIpc) is 3.42. The Bertz CT molecular complexity index is 1190. The number of hydrogen-bond donors (Lipinski definition) is 3. The van der Waals surface area contributed by atoms with Crippen LogP contribution in [0.1, 0.15) is 62.7 Å². The highest BCUT2D eigenvalue weighted by Gasteiger charge is 2.41. The molecule has 2 amide bonds. The predicted molar refractivity (Wildman–Crippen MR) is 148 cm³/mol. The first-order valence-corrected chi connectivity index (χ1v) is 13.7. The Morgan fingerprint density at radius 3 is 2.68 bits per heavy atom. The van der Waals surface area contributed by atoms with Crippen molar-refractivity contribution in [2.24, 2.45) is 5.41 Å². The van der Waals surface area contributed by atoms with Crippen LogP contribution in [0.3, 0.4) is 0 Å². The number of fused-ring (bicyclic) bond motifs is 1. The number of carbonyl (C=O) groups is 2. The second kappa shape index (κ2) is 10.8. The Balaban J connectivity index is 1.43. The molecule has 1 saturated carbocycles. The zero-order valence-electron chi connectivity index (χ0n) is 22.8. The maximum Gasteiger partial charge on any atom is 0.251 e. The minimum absolute atomic E-state index is 0.0605. The van der Waals surface area contributed by atoms with Crippen LogP contribution in [-0.2, 0) is 4.79 Å². The summed E-state index contributed by atoms with van der Waals surface area (Å²) in [6, 6.07) is 5.79. The van der Waals surface area contributed by atoms with Crippen molar-refractivity contribution in [1.82, 2.24) is 20.6 Å². The van der Waals surface area contributed by atoms with Crippen LogP contribution in [-0.4, -0.2) is 67.7 Å². The summed E-state index contributed by atoms with van der Waals surface area (Å²) in [7, 11) is 3.38. The fourth-order valence-electron chi connectivity index (χ4n) is 5.80. The molecule has 10 heteroatoms. The first-order valence-electron chi connectivity index (χ1n) is 13.7. The molecule has 5 rings (SSSR count). The van der Waals surface area contributed by atoms with E-state index >= 15 is 0 Å². The summed E-state index contributed by atoms with van der Waals surface area (Å²) >= 11 is 0. The van der Waals surface area contributed by atoms with Crippen molar-refractivity contribution in [3.63, 3.8) is 0 Å². The number of methoxy groups -OCH3 is 1. The summed E-state index contributed by atoms with van der Waals surface area (Å²) in [5, 5.41) is 9.61. The fourth-order valence-corrected chi connectivity index (χ4v) is 5.80. The molecule has 10 nitrogen and oxygen atoms in total. The second-order valence-electron chi connectivity index (χ2n) is 11.3. The number of carbonyl (C=O) groups excluding carboxylic acids is 2. The van der Waals surface area contributed by atoms with Gasteiger partial charge in [0, 0.05) is 37.8 Å². The van der Waals surface area contributed by atoms with E-state index in [9.17, 15) is 9.59 Å². The Labute approximate surface area is 224 Å². The van der Waals surface area contributed by atoms with Crippen molar-refractivity contribution in [1.29, 1.82) is 0 Å². The van der Waals surface area contributed by atoms with Gasteiger partial charge in [-0.15, -0.1) is 0 Å². The van der Waals surface area contributed by atoms with Crippen LogP contribution in [0.2, 0.25) is 0 Å². The van der Waals surface area contributed by atoms with Gasteiger partial charge >= 0.3 is 0 Å². The molecule has 38 heavy (non-hydrogen) atoms. The van der Waals surface area contributed by atoms with Gasteiger partial charge in [0.05, 0.1) is 24.4 Å². The maximum atomic E-state index is 13.3. The first kappa shape index (κ1) is 26.2. The molecule has 2 aliphatic heterocycles. The third-order valence-corrected chi connectivity index (χ3v) is 7.95. The highest BCUT2D eigenvalue weighted by Crippen LogP contribution is 2.40. The van der Waals surface area contributed by atoms with Crippen LogP contribution in [0.15, 0.2) is 24.4 Å². The van der Waals surface area contributed by atoms with Gasteiger partial charge in [0.15, 0.2) is 5.82 Å². The zero-order chi connectivity index (χ0) is 26.9. The SMILES string of the molecule is COc1cc(C(=O)N[C@@H]2CCNC2)ccc1Nc1ncc2c(n1)N(C1CCCCC1)CC(C)(C)C(=O)N2C. The molecule has 204 valence electrons. The lowest BCUT2D eigenvalue weighted by molar-refractivity contribution is -0.125. The van der Waals surface area contributed by atoms with Gasteiger partial charge in [-0.3, -0.25) is 9.59 Å². The number of rotatable bonds is 6. The number of amides is 2. The Kier molecular flexibility index (Phi) is 7.43. The average molecular weight is 522 g/mol. The molecule has 3 heterocycles. The standard InChI is InChI=1S/C28H39N7O3/c1-28(2)17-35(20-8-6-5-7-9-20)24-22(34(3)26(28)37)16-30-27(33-24)32-21-11-10-18(14-23(21)38-4)25(36)31-19-12-13-29-15-19/h10-11,14,16,19-20,29H,5-9,12-13,15,17H2,1-4H3,(H,31,36)(H,30,32,33)/t19-/m1/s1. The highest BCUT2D eigenvalue weighted by molar-refractivity contribution is 6.01. The molecule has 3 N–H and O–H groups in total. The van der Waals surface area contributed by atoms with Gasteiger partial charge in [-0.05, 0) is 57.9 Å². The number of aromatic nitrogens is 2. The van der Waals surface area contributed by atoms with Crippen molar-refractivity contribution >= 4 is 35.0 Å². The van der Waals surface area contributed by atoms with Crippen LogP contribution in [0.5, 0.6) is 5.75 Å². The van der Waals surface area contributed by atoms with Crippen molar-refractivity contribution in [2.75, 3.05) is 48.9 Å². The normalized spacial score (nSPS) is 21.6. The first-order chi connectivity index (χ1) is 18.3. The highest BCUT2D eigenvalue weighted by atomic mass is 16.5. The van der Waals surface area contributed by atoms with Gasteiger partial charge < -0.3 is 30.5 Å². The number of nitrogens with one attached hydrogen (secondary N) is 3. The minimum atomic E-state index is -0.547. The summed E-state index contributed by atoms with van der Waals surface area (Å²) in [4.78, 5) is 39.6. The minimum Gasteiger partial charge on any atom is -0.495 e. The third-order valence-electron chi connectivity index (χ3n) is 7.95. The summed E-state index contributed by atoms with van der Waals surface area (Å²) in [5.74, 6) is 1.65. The Morgan fingerprint density at radius 1 is 1.18 bits per heavy atom. The lowest BCUT2D eigenvalue weighted by Gasteiger charge is -2.38. The molecule has 0 unspecified atom stereocenters. The van der Waals surface area contributed by atoms with E-state index in [1.54, 1.807) is 37.4 Å². The van der Waals surface area contributed by atoms with Crippen LogP contribution in [0, 0.1) is 5.41 Å². The van der Waals surface area contributed by atoms with Crippen molar-refractivity contribution in [3.05, 3.63) is 30.0 Å². The number of ether oxygens (including phenoxy) is 1. The van der Waals surface area contributed by atoms with E-state index in [2.05, 4.69) is 25.8 Å². The number of anilines is 4. The molecule has 1 aliphatic carbocycles. The lowest BCUT2D eigenvalue weighted by atomic mass is 9.88. The van der Waals surface area contributed by atoms with Crippen LogP contribution >= 0.6 is 0 Å². The topological polar surface area (TPSA) is 112 Å². The smallest absolute Gasteiger partial charge is 0.251 e. The molecular formula is C28H39N7O3. The van der Waals surface area contributed by atoms with E-state index in [1.165, 1.54) is 19.3 Å². The van der Waals surface area contributed by atoms with E-state index in [1.807, 2.05) is 19.9 Å². The molecule has 1 saturated heterocycles. The molecule has 1 aromatic heterocycles. The van der Waals surface area contributed by atoms with E-state index in [0.29, 0.717) is 35.5 Å². The number of nitrogens with zero attached hydrogens (tertiary/aromatic N) is 4. The summed E-state index contributed by atoms with van der Waals surface area (Å²) < 4.78 is 5.61. The molecule has 2 fully saturated rings. The van der Waals surface area contributed by atoms with E-state index in [-0.39, 0.29) is 17.9 Å². The van der Waals surface area contributed by atoms with Crippen LogP contribution in [0.4, 0.5) is 23.1 Å². The molecule has 0 radical (unpaired) electrons. The summed E-state index contributed by atoms with van der Waals surface area (Å²) in [6.07, 6.45) is 8.46. The van der Waals surface area contributed by atoms with Gasteiger partial charge in [-0.2, -0.15) is 4.98 Å². The number of benzene rings is 1. The van der Waals surface area contributed by atoms with Crippen molar-refractivity contribution in [2.45, 2.75) is 64.5 Å². The molecule has 0 bridgehead atoms. The third kappa shape index (κ3) is 5.27. The van der Waals surface area contributed by atoms with Gasteiger partial charge in [0.25, 0.3) is 5.91 Å².